The zero-order valence-corrected chi connectivity index (χ0v) is 13.9. The third-order valence-electron chi connectivity index (χ3n) is 4.61. The highest BCUT2D eigenvalue weighted by Crippen LogP contribution is 2.24. The number of aromatic nitrogens is 3. The summed E-state index contributed by atoms with van der Waals surface area (Å²) < 4.78 is 2.16. The van der Waals surface area contributed by atoms with Gasteiger partial charge in [0.05, 0.1) is 11.2 Å². The van der Waals surface area contributed by atoms with Gasteiger partial charge in [-0.2, -0.15) is 0 Å². The number of aryl methyl sites for hydroxylation is 3. The van der Waals surface area contributed by atoms with Gasteiger partial charge in [-0.1, -0.05) is 48.6 Å². The molecular weight excluding hydrogens is 294 g/mol. The molecule has 120 valence electrons. The number of pyridine rings is 1. The molecule has 24 heavy (non-hydrogen) atoms. The molecular formula is C21H21N3. The molecule has 0 bridgehead atoms. The van der Waals surface area contributed by atoms with Crippen LogP contribution in [0.1, 0.15) is 29.6 Å². The minimum atomic E-state index is 0.411. The van der Waals surface area contributed by atoms with Gasteiger partial charge in [0.1, 0.15) is 5.82 Å². The minimum Gasteiger partial charge on any atom is -0.338 e. The van der Waals surface area contributed by atoms with Crippen molar-refractivity contribution < 1.29 is 0 Å². The smallest absolute Gasteiger partial charge is 0.109 e. The van der Waals surface area contributed by atoms with E-state index in [0.717, 1.165) is 36.3 Å². The van der Waals surface area contributed by atoms with Gasteiger partial charge in [0.25, 0.3) is 0 Å². The Bertz CT molecular complexity index is 918. The lowest BCUT2D eigenvalue weighted by molar-refractivity contribution is 0.761. The molecule has 2 heterocycles. The van der Waals surface area contributed by atoms with Crippen LogP contribution in [0.15, 0.2) is 66.9 Å². The summed E-state index contributed by atoms with van der Waals surface area (Å²) in [4.78, 5) is 9.62. The Morgan fingerprint density at radius 1 is 1.04 bits per heavy atom. The fourth-order valence-corrected chi connectivity index (χ4v) is 3.23. The van der Waals surface area contributed by atoms with Crippen molar-refractivity contribution in [2.24, 2.45) is 7.05 Å². The molecule has 4 rings (SSSR count). The predicted octanol–water partition coefficient (Wildman–Crippen LogP) is 4.35. The molecule has 1 aliphatic rings. The van der Waals surface area contributed by atoms with Crippen LogP contribution in [0, 0.1) is 0 Å². The number of para-hydroxylation sites is 1. The molecule has 1 atom stereocenters. The second kappa shape index (κ2) is 6.44. The van der Waals surface area contributed by atoms with E-state index in [-0.39, 0.29) is 0 Å². The maximum Gasteiger partial charge on any atom is 0.109 e. The minimum absolute atomic E-state index is 0.411. The maximum atomic E-state index is 4.86. The highest BCUT2D eigenvalue weighted by molar-refractivity contribution is 5.78. The number of fused-ring (bicyclic) bond motifs is 1. The molecule has 0 spiro atoms. The summed E-state index contributed by atoms with van der Waals surface area (Å²) in [5.74, 6) is 1.54. The van der Waals surface area contributed by atoms with Crippen molar-refractivity contribution in [3.63, 3.8) is 0 Å². The summed E-state index contributed by atoms with van der Waals surface area (Å²) in [6.07, 6.45) is 13.7. The van der Waals surface area contributed by atoms with E-state index in [4.69, 9.17) is 9.97 Å². The third-order valence-corrected chi connectivity index (χ3v) is 4.61. The van der Waals surface area contributed by atoms with Crippen LogP contribution in [-0.4, -0.2) is 14.5 Å². The second-order valence-electron chi connectivity index (χ2n) is 6.34. The van der Waals surface area contributed by atoms with Crippen molar-refractivity contribution in [1.29, 1.82) is 0 Å². The van der Waals surface area contributed by atoms with Gasteiger partial charge in [-0.3, -0.25) is 4.98 Å². The van der Waals surface area contributed by atoms with E-state index in [1.165, 1.54) is 11.1 Å². The molecule has 0 amide bonds. The molecule has 0 N–H and O–H groups in total. The zero-order chi connectivity index (χ0) is 16.4. The molecule has 3 nitrogen and oxygen atoms in total. The molecule has 2 aromatic heterocycles. The first-order valence-electron chi connectivity index (χ1n) is 8.50. The van der Waals surface area contributed by atoms with Crippen molar-refractivity contribution in [3.8, 4) is 0 Å². The van der Waals surface area contributed by atoms with Gasteiger partial charge in [-0.25, -0.2) is 4.98 Å². The van der Waals surface area contributed by atoms with E-state index in [9.17, 15) is 0 Å². The molecule has 1 aliphatic carbocycles. The maximum absolute atomic E-state index is 4.86. The lowest BCUT2D eigenvalue weighted by atomic mass is 9.98. The van der Waals surface area contributed by atoms with Gasteiger partial charge in [0.15, 0.2) is 0 Å². The fourth-order valence-electron chi connectivity index (χ4n) is 3.23. The van der Waals surface area contributed by atoms with Gasteiger partial charge in [0, 0.05) is 36.7 Å². The van der Waals surface area contributed by atoms with Crippen LogP contribution in [0.4, 0.5) is 0 Å². The SMILES string of the molecule is Cn1cc(C2C=CC=CC2)nc1CCc1ccc2ccccc2n1. The standard InChI is InChI=1S/C21H21N3/c1-24-15-20(16-7-3-2-4-8-16)23-21(24)14-13-18-12-11-17-9-5-6-10-19(17)22-18/h2-7,9-12,15-16H,8,13-14H2,1H3. The van der Waals surface area contributed by atoms with E-state index in [2.05, 4.69) is 66.4 Å². The van der Waals surface area contributed by atoms with Gasteiger partial charge in [-0.05, 0) is 25.0 Å². The number of hydrogen-bond donors (Lipinski definition) is 0. The monoisotopic (exact) mass is 315 g/mol. The summed E-state index contributed by atoms with van der Waals surface area (Å²) in [6.45, 7) is 0. The van der Waals surface area contributed by atoms with Crippen LogP contribution in [0.5, 0.6) is 0 Å². The summed E-state index contributed by atoms with van der Waals surface area (Å²) in [6, 6.07) is 12.5. The number of allylic oxidation sites excluding steroid dienone is 4. The first kappa shape index (κ1) is 14.9. The van der Waals surface area contributed by atoms with Crippen molar-refractivity contribution >= 4 is 10.9 Å². The Kier molecular flexibility index (Phi) is 3.99. The summed E-state index contributed by atoms with van der Waals surface area (Å²) in [5.41, 5.74) is 3.35. The molecule has 1 unspecified atom stereocenters. The topological polar surface area (TPSA) is 30.7 Å². The molecule has 1 aromatic carbocycles. The van der Waals surface area contributed by atoms with Gasteiger partial charge in [0.2, 0.25) is 0 Å². The normalized spacial score (nSPS) is 16.8. The first-order chi connectivity index (χ1) is 11.8. The number of rotatable bonds is 4. The van der Waals surface area contributed by atoms with Crippen LogP contribution in [0.25, 0.3) is 10.9 Å². The van der Waals surface area contributed by atoms with Gasteiger partial charge >= 0.3 is 0 Å². The average molecular weight is 315 g/mol. The quantitative estimate of drug-likeness (QED) is 0.716. The fraction of sp³-hybridized carbons (Fsp3) is 0.238. The largest absolute Gasteiger partial charge is 0.338 e. The first-order valence-corrected chi connectivity index (χ1v) is 8.50. The van der Waals surface area contributed by atoms with Crippen molar-refractivity contribution in [2.45, 2.75) is 25.2 Å². The Labute approximate surface area is 142 Å². The van der Waals surface area contributed by atoms with E-state index >= 15 is 0 Å². The van der Waals surface area contributed by atoms with Crippen LogP contribution in [0.2, 0.25) is 0 Å². The Balaban J connectivity index is 1.49. The highest BCUT2D eigenvalue weighted by atomic mass is 15.0. The lowest BCUT2D eigenvalue weighted by Crippen LogP contribution is -2.01. The molecule has 0 aliphatic heterocycles. The zero-order valence-electron chi connectivity index (χ0n) is 13.9. The van der Waals surface area contributed by atoms with Gasteiger partial charge in [-0.15, -0.1) is 0 Å². The molecule has 0 radical (unpaired) electrons. The van der Waals surface area contributed by atoms with Crippen LogP contribution >= 0.6 is 0 Å². The number of hydrogen-bond acceptors (Lipinski definition) is 2. The Morgan fingerprint density at radius 2 is 1.96 bits per heavy atom. The Hall–Kier alpha value is -2.68. The van der Waals surface area contributed by atoms with Crippen LogP contribution in [-0.2, 0) is 19.9 Å². The van der Waals surface area contributed by atoms with Crippen molar-refractivity contribution in [2.75, 3.05) is 0 Å². The number of nitrogens with zero attached hydrogens (tertiary/aromatic N) is 3. The Morgan fingerprint density at radius 3 is 2.83 bits per heavy atom. The second-order valence-corrected chi connectivity index (χ2v) is 6.34. The molecule has 0 saturated heterocycles. The molecule has 3 aromatic rings. The van der Waals surface area contributed by atoms with Crippen molar-refractivity contribution in [3.05, 3.63) is 84.1 Å². The highest BCUT2D eigenvalue weighted by Gasteiger charge is 2.14. The van der Waals surface area contributed by atoms with E-state index in [0.29, 0.717) is 5.92 Å². The summed E-state index contributed by atoms with van der Waals surface area (Å²) in [7, 11) is 2.09. The average Bonchev–Trinajstić information content (AvgIpc) is 3.01. The number of imidazole rings is 1. The third kappa shape index (κ3) is 3.02. The molecule has 0 fully saturated rings. The molecule has 3 heteroatoms. The molecule has 0 saturated carbocycles. The summed E-state index contributed by atoms with van der Waals surface area (Å²) >= 11 is 0. The van der Waals surface area contributed by atoms with Crippen LogP contribution < -0.4 is 0 Å². The predicted molar refractivity (Wildman–Crippen MR) is 98.0 cm³/mol. The van der Waals surface area contributed by atoms with E-state index < -0.39 is 0 Å². The summed E-state index contributed by atoms with van der Waals surface area (Å²) in [5, 5.41) is 1.19. The van der Waals surface area contributed by atoms with Gasteiger partial charge < -0.3 is 4.57 Å². The van der Waals surface area contributed by atoms with E-state index in [1.54, 1.807) is 0 Å². The lowest BCUT2D eigenvalue weighted by Gasteiger charge is -2.08. The van der Waals surface area contributed by atoms with E-state index in [1.807, 2.05) is 12.1 Å². The number of benzene rings is 1. The van der Waals surface area contributed by atoms with Crippen molar-refractivity contribution in [1.82, 2.24) is 14.5 Å². The van der Waals surface area contributed by atoms with Crippen LogP contribution in [0.3, 0.4) is 0 Å².